The first-order chi connectivity index (χ1) is 16.8. The van der Waals surface area contributed by atoms with Crippen LogP contribution in [-0.4, -0.2) is 38.9 Å². The predicted molar refractivity (Wildman–Crippen MR) is 140 cm³/mol. The standard InChI is InChI=1S/C27H24Cl2N4O2/c1-18(2)32(26(35)22-13-6-7-14-23(22)29)17-25(34)31-27-30-24(19-9-4-3-5-10-19)16-33(27)21-12-8-11-20(28)15-21/h3-16,18H,17H2,1-2H3,(H,30,31,34). The summed E-state index contributed by atoms with van der Waals surface area (Å²) < 4.78 is 1.77. The van der Waals surface area contributed by atoms with Gasteiger partial charge in [-0.3, -0.25) is 19.5 Å². The lowest BCUT2D eigenvalue weighted by Crippen LogP contribution is -2.42. The van der Waals surface area contributed by atoms with Crippen molar-refractivity contribution in [2.24, 2.45) is 0 Å². The summed E-state index contributed by atoms with van der Waals surface area (Å²) in [4.78, 5) is 32.4. The Bertz CT molecular complexity index is 1350. The van der Waals surface area contributed by atoms with Crippen LogP contribution in [0, 0.1) is 0 Å². The quantitative estimate of drug-likeness (QED) is 0.318. The highest BCUT2D eigenvalue weighted by Gasteiger charge is 2.24. The molecule has 1 N–H and O–H groups in total. The SMILES string of the molecule is CC(C)N(CC(=O)Nc1nc(-c2ccccc2)cn1-c1cccc(Cl)c1)C(=O)c1ccccc1Cl. The fraction of sp³-hybridized carbons (Fsp3) is 0.148. The van der Waals surface area contributed by atoms with E-state index in [-0.39, 0.29) is 24.4 Å². The molecule has 0 radical (unpaired) electrons. The van der Waals surface area contributed by atoms with Crippen molar-refractivity contribution in [3.05, 3.63) is 101 Å². The maximum atomic E-state index is 13.1. The van der Waals surface area contributed by atoms with Crippen LogP contribution < -0.4 is 5.32 Å². The third-order valence-corrected chi connectivity index (χ3v) is 5.98. The molecule has 2 amide bonds. The molecule has 0 aliphatic rings. The number of carbonyl (C=O) groups is 2. The number of carbonyl (C=O) groups excluding carboxylic acids is 2. The third kappa shape index (κ3) is 5.73. The summed E-state index contributed by atoms with van der Waals surface area (Å²) in [5.41, 5.74) is 2.69. The van der Waals surface area contributed by atoms with Gasteiger partial charge < -0.3 is 4.90 Å². The van der Waals surface area contributed by atoms with Crippen LogP contribution in [0.3, 0.4) is 0 Å². The molecule has 1 heterocycles. The van der Waals surface area contributed by atoms with Crippen LogP contribution in [0.1, 0.15) is 24.2 Å². The van der Waals surface area contributed by atoms with Crippen LogP contribution in [0.15, 0.2) is 85.1 Å². The fourth-order valence-electron chi connectivity index (χ4n) is 3.64. The molecule has 0 aliphatic carbocycles. The van der Waals surface area contributed by atoms with Gasteiger partial charge in [-0.05, 0) is 44.2 Å². The molecule has 6 nitrogen and oxygen atoms in total. The summed E-state index contributed by atoms with van der Waals surface area (Å²) in [6.07, 6.45) is 1.84. The summed E-state index contributed by atoms with van der Waals surface area (Å²) in [6.45, 7) is 3.54. The molecule has 0 saturated carbocycles. The van der Waals surface area contributed by atoms with Gasteiger partial charge in [-0.15, -0.1) is 0 Å². The first-order valence-corrected chi connectivity index (χ1v) is 11.8. The minimum absolute atomic E-state index is 0.162. The highest BCUT2D eigenvalue weighted by atomic mass is 35.5. The minimum Gasteiger partial charge on any atom is -0.327 e. The number of amides is 2. The van der Waals surface area contributed by atoms with Crippen molar-refractivity contribution in [2.75, 3.05) is 11.9 Å². The van der Waals surface area contributed by atoms with Crippen LogP contribution >= 0.6 is 23.2 Å². The van der Waals surface area contributed by atoms with Gasteiger partial charge in [0.25, 0.3) is 5.91 Å². The van der Waals surface area contributed by atoms with E-state index in [1.807, 2.05) is 62.5 Å². The van der Waals surface area contributed by atoms with Gasteiger partial charge in [0, 0.05) is 28.5 Å². The molecule has 0 fully saturated rings. The average molecular weight is 507 g/mol. The van der Waals surface area contributed by atoms with Crippen molar-refractivity contribution < 1.29 is 9.59 Å². The summed E-state index contributed by atoms with van der Waals surface area (Å²) in [5, 5.41) is 3.77. The number of nitrogens with zero attached hydrogens (tertiary/aromatic N) is 3. The normalized spacial score (nSPS) is 10.9. The minimum atomic E-state index is -0.382. The Morgan fingerprint density at radius 1 is 0.971 bits per heavy atom. The number of nitrogens with one attached hydrogen (secondary N) is 1. The van der Waals surface area contributed by atoms with E-state index >= 15 is 0 Å². The fourth-order valence-corrected chi connectivity index (χ4v) is 4.04. The Morgan fingerprint density at radius 3 is 2.37 bits per heavy atom. The third-order valence-electron chi connectivity index (χ3n) is 5.42. The maximum Gasteiger partial charge on any atom is 0.256 e. The molecule has 0 saturated heterocycles. The van der Waals surface area contributed by atoms with Crippen LogP contribution in [0.2, 0.25) is 10.0 Å². The molecule has 3 aromatic carbocycles. The van der Waals surface area contributed by atoms with E-state index in [0.29, 0.717) is 27.3 Å². The molecule has 0 bridgehead atoms. The van der Waals surface area contributed by atoms with E-state index in [1.165, 1.54) is 4.90 Å². The second-order valence-corrected chi connectivity index (χ2v) is 9.06. The van der Waals surface area contributed by atoms with Crippen molar-refractivity contribution in [2.45, 2.75) is 19.9 Å². The number of rotatable bonds is 7. The van der Waals surface area contributed by atoms with E-state index in [4.69, 9.17) is 23.2 Å². The molecule has 35 heavy (non-hydrogen) atoms. The second kappa shape index (κ2) is 10.8. The van der Waals surface area contributed by atoms with Crippen molar-refractivity contribution in [1.82, 2.24) is 14.5 Å². The number of anilines is 1. The van der Waals surface area contributed by atoms with Gasteiger partial charge in [0.1, 0.15) is 6.54 Å². The molecule has 0 atom stereocenters. The molecular formula is C27H24Cl2N4O2. The lowest BCUT2D eigenvalue weighted by atomic mass is 10.1. The van der Waals surface area contributed by atoms with Gasteiger partial charge in [0.2, 0.25) is 11.9 Å². The zero-order valence-corrected chi connectivity index (χ0v) is 20.8. The summed E-state index contributed by atoms with van der Waals surface area (Å²) in [7, 11) is 0. The molecule has 0 unspecified atom stereocenters. The molecular weight excluding hydrogens is 483 g/mol. The lowest BCUT2D eigenvalue weighted by molar-refractivity contribution is -0.117. The van der Waals surface area contributed by atoms with E-state index in [2.05, 4.69) is 10.3 Å². The molecule has 8 heteroatoms. The molecule has 4 rings (SSSR count). The van der Waals surface area contributed by atoms with Gasteiger partial charge in [-0.2, -0.15) is 0 Å². The first kappa shape index (κ1) is 24.5. The van der Waals surface area contributed by atoms with E-state index < -0.39 is 0 Å². The molecule has 4 aromatic rings. The van der Waals surface area contributed by atoms with E-state index in [1.54, 1.807) is 41.0 Å². The number of hydrogen-bond acceptors (Lipinski definition) is 3. The smallest absolute Gasteiger partial charge is 0.256 e. The van der Waals surface area contributed by atoms with Crippen LogP contribution in [0.25, 0.3) is 16.9 Å². The Hall–Kier alpha value is -3.61. The highest BCUT2D eigenvalue weighted by molar-refractivity contribution is 6.33. The van der Waals surface area contributed by atoms with Crippen molar-refractivity contribution in [3.63, 3.8) is 0 Å². The largest absolute Gasteiger partial charge is 0.327 e. The number of aromatic nitrogens is 2. The molecule has 0 aliphatic heterocycles. The number of imidazole rings is 1. The van der Waals surface area contributed by atoms with Crippen molar-refractivity contribution in [3.8, 4) is 16.9 Å². The van der Waals surface area contributed by atoms with Gasteiger partial charge in [0.15, 0.2) is 0 Å². The highest BCUT2D eigenvalue weighted by Crippen LogP contribution is 2.26. The zero-order chi connectivity index (χ0) is 24.9. The summed E-state index contributed by atoms with van der Waals surface area (Å²) in [6, 6.07) is 23.5. The monoisotopic (exact) mass is 506 g/mol. The number of halogens is 2. The van der Waals surface area contributed by atoms with Gasteiger partial charge in [-0.25, -0.2) is 4.98 Å². The molecule has 0 spiro atoms. The molecule has 1 aromatic heterocycles. The Morgan fingerprint density at radius 2 is 1.69 bits per heavy atom. The Labute approximate surface area is 214 Å². The predicted octanol–water partition coefficient (Wildman–Crippen LogP) is 6.34. The van der Waals surface area contributed by atoms with E-state index in [0.717, 1.165) is 11.3 Å². The number of hydrogen-bond donors (Lipinski definition) is 1. The topological polar surface area (TPSA) is 67.2 Å². The van der Waals surface area contributed by atoms with Gasteiger partial charge in [-0.1, -0.05) is 71.7 Å². The van der Waals surface area contributed by atoms with Crippen molar-refractivity contribution in [1.29, 1.82) is 0 Å². The Balaban J connectivity index is 1.63. The summed E-state index contributed by atoms with van der Waals surface area (Å²) >= 11 is 12.4. The van der Waals surface area contributed by atoms with Crippen LogP contribution in [-0.2, 0) is 4.79 Å². The second-order valence-electron chi connectivity index (χ2n) is 8.22. The van der Waals surface area contributed by atoms with Crippen LogP contribution in [0.5, 0.6) is 0 Å². The lowest BCUT2D eigenvalue weighted by Gasteiger charge is -2.26. The Kier molecular flexibility index (Phi) is 7.54. The van der Waals surface area contributed by atoms with E-state index in [9.17, 15) is 9.59 Å². The van der Waals surface area contributed by atoms with Crippen molar-refractivity contribution >= 4 is 41.0 Å². The van der Waals surface area contributed by atoms with Gasteiger partial charge in [0.05, 0.1) is 16.3 Å². The van der Waals surface area contributed by atoms with Crippen LogP contribution in [0.4, 0.5) is 5.95 Å². The maximum absolute atomic E-state index is 13.1. The number of benzene rings is 3. The zero-order valence-electron chi connectivity index (χ0n) is 19.3. The summed E-state index contributed by atoms with van der Waals surface area (Å²) in [5.74, 6) is -0.374. The van der Waals surface area contributed by atoms with Gasteiger partial charge >= 0.3 is 0 Å². The average Bonchev–Trinajstić information content (AvgIpc) is 3.26. The first-order valence-electron chi connectivity index (χ1n) is 11.1. The molecule has 178 valence electrons.